The second-order valence-corrected chi connectivity index (χ2v) is 5.28. The van der Waals surface area contributed by atoms with Crippen LogP contribution in [-0.2, 0) is 6.54 Å². The average Bonchev–Trinajstić information content (AvgIpc) is 2.84. The van der Waals surface area contributed by atoms with E-state index < -0.39 is 12.0 Å². The summed E-state index contributed by atoms with van der Waals surface area (Å²) >= 11 is 2.00. The summed E-state index contributed by atoms with van der Waals surface area (Å²) in [5.41, 5.74) is 0.233. The van der Waals surface area contributed by atoms with Gasteiger partial charge in [-0.05, 0) is 40.8 Å². The number of carboxylic acid groups (broad SMARTS) is 1. The fraction of sp³-hybridized carbons (Fsp3) is 0.167. The van der Waals surface area contributed by atoms with Crippen LogP contribution in [0.2, 0.25) is 0 Å². The van der Waals surface area contributed by atoms with E-state index in [1.54, 1.807) is 13.0 Å². The molecule has 110 valence electrons. The molecule has 0 unspecified atom stereocenters. The lowest BCUT2D eigenvalue weighted by Crippen LogP contribution is -2.29. The summed E-state index contributed by atoms with van der Waals surface area (Å²) < 4.78 is 5.53. The largest absolute Gasteiger partial charge is 0.478 e. The number of nitrogens with zero attached hydrogens (tertiary/aromatic N) is 2. The molecule has 3 N–H and O–H groups in total. The maximum absolute atomic E-state index is 11.7. The first-order valence-corrected chi connectivity index (χ1v) is 6.90. The number of halogens is 1. The van der Waals surface area contributed by atoms with Crippen LogP contribution in [0.5, 0.6) is 0 Å². The molecule has 21 heavy (non-hydrogen) atoms. The number of hydrogen-bond donors (Lipinski definition) is 3. The molecule has 2 aromatic rings. The number of carbonyl (C=O) groups excluding carboxylic acids is 1. The van der Waals surface area contributed by atoms with E-state index >= 15 is 0 Å². The van der Waals surface area contributed by atoms with Crippen molar-refractivity contribution < 1.29 is 19.2 Å². The molecule has 0 fully saturated rings. The van der Waals surface area contributed by atoms with Gasteiger partial charge in [-0.15, -0.1) is 0 Å². The Morgan fingerprint density at radius 3 is 2.81 bits per heavy atom. The van der Waals surface area contributed by atoms with Gasteiger partial charge in [-0.2, -0.15) is 4.98 Å². The van der Waals surface area contributed by atoms with Crippen molar-refractivity contribution in [1.82, 2.24) is 15.5 Å². The highest BCUT2D eigenvalue weighted by molar-refractivity contribution is 14.1. The molecule has 0 radical (unpaired) electrons. The van der Waals surface area contributed by atoms with E-state index in [2.05, 4.69) is 20.8 Å². The number of nitrogens with one attached hydrogen (secondary N) is 2. The number of amides is 2. The van der Waals surface area contributed by atoms with Crippen LogP contribution in [0, 0.1) is 10.5 Å². The fourth-order valence-corrected chi connectivity index (χ4v) is 2.03. The molecule has 0 saturated heterocycles. The van der Waals surface area contributed by atoms with Crippen LogP contribution in [0.25, 0.3) is 0 Å². The normalized spacial score (nSPS) is 10.2. The number of aromatic nitrogens is 2. The number of rotatable bonds is 4. The zero-order valence-corrected chi connectivity index (χ0v) is 13.0. The van der Waals surface area contributed by atoms with Gasteiger partial charge < -0.3 is 20.3 Å². The van der Waals surface area contributed by atoms with E-state index in [4.69, 9.17) is 9.63 Å². The van der Waals surface area contributed by atoms with Gasteiger partial charge in [0.05, 0.1) is 17.8 Å². The molecule has 0 atom stereocenters. The Labute approximate surface area is 133 Å². The highest BCUT2D eigenvalue weighted by atomic mass is 127. The number of aromatic carboxylic acids is 1. The molecule has 1 heterocycles. The van der Waals surface area contributed by atoms with Crippen LogP contribution in [-0.4, -0.2) is 27.2 Å². The smallest absolute Gasteiger partial charge is 0.337 e. The molecule has 0 aliphatic heterocycles. The Kier molecular flexibility index (Phi) is 4.73. The molecular formula is C12H11IN4O4. The van der Waals surface area contributed by atoms with Crippen molar-refractivity contribution in [3.63, 3.8) is 0 Å². The monoisotopic (exact) mass is 402 g/mol. The van der Waals surface area contributed by atoms with Gasteiger partial charge in [0, 0.05) is 10.5 Å². The second kappa shape index (κ2) is 6.52. The zero-order valence-electron chi connectivity index (χ0n) is 10.9. The van der Waals surface area contributed by atoms with Gasteiger partial charge in [-0.3, -0.25) is 0 Å². The minimum Gasteiger partial charge on any atom is -0.478 e. The Balaban J connectivity index is 2.01. The average molecular weight is 402 g/mol. The minimum absolute atomic E-state index is 0.0208. The third-order valence-electron chi connectivity index (χ3n) is 2.44. The third-order valence-corrected chi connectivity index (χ3v) is 3.11. The highest BCUT2D eigenvalue weighted by Gasteiger charge is 2.13. The third kappa shape index (κ3) is 4.15. The van der Waals surface area contributed by atoms with Crippen molar-refractivity contribution in [2.75, 3.05) is 5.32 Å². The number of benzene rings is 1. The Bertz CT molecular complexity index is 686. The lowest BCUT2D eigenvalue weighted by Gasteiger charge is -2.09. The van der Waals surface area contributed by atoms with Crippen molar-refractivity contribution in [3.8, 4) is 0 Å². The van der Waals surface area contributed by atoms with E-state index in [1.807, 2.05) is 22.6 Å². The number of carboxylic acids is 1. The van der Waals surface area contributed by atoms with Crippen molar-refractivity contribution in [1.29, 1.82) is 0 Å². The van der Waals surface area contributed by atoms with Crippen molar-refractivity contribution in [2.24, 2.45) is 0 Å². The van der Waals surface area contributed by atoms with Gasteiger partial charge in [0.25, 0.3) is 0 Å². The van der Waals surface area contributed by atoms with Gasteiger partial charge in [0.2, 0.25) is 5.89 Å². The first-order chi connectivity index (χ1) is 9.95. The minimum atomic E-state index is -1.11. The Hall–Kier alpha value is -2.17. The molecular weight excluding hydrogens is 391 g/mol. The summed E-state index contributed by atoms with van der Waals surface area (Å²) in [6, 6.07) is 4.15. The summed E-state index contributed by atoms with van der Waals surface area (Å²) in [5, 5.41) is 17.7. The van der Waals surface area contributed by atoms with Gasteiger partial charge in [-0.25, -0.2) is 9.59 Å². The Morgan fingerprint density at radius 2 is 2.19 bits per heavy atom. The molecule has 2 rings (SSSR count). The molecule has 1 aromatic carbocycles. The van der Waals surface area contributed by atoms with Crippen LogP contribution in [0.4, 0.5) is 10.5 Å². The number of hydrogen-bond acceptors (Lipinski definition) is 5. The standard InChI is InChI=1S/C12H11IN4O4/c1-6-15-10(17-21-6)5-14-12(20)16-9-3-2-7(13)4-8(9)11(18)19/h2-4H,5H2,1H3,(H,18,19)(H2,14,16,20). The fourth-order valence-electron chi connectivity index (χ4n) is 1.54. The summed E-state index contributed by atoms with van der Waals surface area (Å²) in [6.45, 7) is 1.72. The lowest BCUT2D eigenvalue weighted by atomic mass is 10.2. The Morgan fingerprint density at radius 1 is 1.43 bits per heavy atom. The maximum Gasteiger partial charge on any atom is 0.337 e. The van der Waals surface area contributed by atoms with E-state index in [1.165, 1.54) is 12.1 Å². The van der Waals surface area contributed by atoms with Gasteiger partial charge >= 0.3 is 12.0 Å². The number of urea groups is 1. The molecule has 0 aliphatic carbocycles. The number of anilines is 1. The topological polar surface area (TPSA) is 117 Å². The summed E-state index contributed by atoms with van der Waals surface area (Å²) in [4.78, 5) is 26.8. The molecule has 0 saturated carbocycles. The van der Waals surface area contributed by atoms with Crippen LogP contribution < -0.4 is 10.6 Å². The second-order valence-electron chi connectivity index (χ2n) is 4.03. The first-order valence-electron chi connectivity index (χ1n) is 5.82. The maximum atomic E-state index is 11.7. The van der Waals surface area contributed by atoms with Crippen molar-refractivity contribution >= 4 is 40.3 Å². The van der Waals surface area contributed by atoms with Crippen molar-refractivity contribution in [2.45, 2.75) is 13.5 Å². The van der Waals surface area contributed by atoms with E-state index in [9.17, 15) is 9.59 Å². The molecule has 0 spiro atoms. The van der Waals surface area contributed by atoms with Gasteiger partial charge in [0.15, 0.2) is 5.82 Å². The van der Waals surface area contributed by atoms with Gasteiger partial charge in [-0.1, -0.05) is 5.16 Å². The summed E-state index contributed by atoms with van der Waals surface area (Å²) in [6.07, 6.45) is 0. The highest BCUT2D eigenvalue weighted by Crippen LogP contribution is 2.18. The van der Waals surface area contributed by atoms with E-state index in [0.717, 1.165) is 3.57 Å². The predicted molar refractivity (Wildman–Crippen MR) is 81.0 cm³/mol. The molecule has 0 aliphatic rings. The first kappa shape index (κ1) is 15.2. The van der Waals surface area contributed by atoms with E-state index in [-0.39, 0.29) is 17.8 Å². The number of aryl methyl sites for hydroxylation is 1. The summed E-state index contributed by atoms with van der Waals surface area (Å²) in [5.74, 6) is -0.376. The van der Waals surface area contributed by atoms with Crippen LogP contribution in [0.15, 0.2) is 22.7 Å². The van der Waals surface area contributed by atoms with Crippen LogP contribution >= 0.6 is 22.6 Å². The van der Waals surface area contributed by atoms with Gasteiger partial charge in [0.1, 0.15) is 0 Å². The zero-order chi connectivity index (χ0) is 15.4. The molecule has 0 bridgehead atoms. The number of carbonyl (C=O) groups is 2. The van der Waals surface area contributed by atoms with Crippen molar-refractivity contribution in [3.05, 3.63) is 39.0 Å². The van der Waals surface area contributed by atoms with E-state index in [0.29, 0.717) is 11.7 Å². The predicted octanol–water partition coefficient (Wildman–Crippen LogP) is 2.00. The molecule has 1 aromatic heterocycles. The quantitative estimate of drug-likeness (QED) is 0.674. The van der Waals surface area contributed by atoms with Crippen LogP contribution in [0.3, 0.4) is 0 Å². The summed E-state index contributed by atoms with van der Waals surface area (Å²) in [7, 11) is 0. The molecule has 8 nitrogen and oxygen atoms in total. The molecule has 9 heteroatoms. The molecule has 2 amide bonds. The van der Waals surface area contributed by atoms with Crippen LogP contribution in [0.1, 0.15) is 22.1 Å². The SMILES string of the molecule is Cc1nc(CNC(=O)Nc2ccc(I)cc2C(=O)O)no1. The lowest BCUT2D eigenvalue weighted by molar-refractivity contribution is 0.0698.